The predicted molar refractivity (Wildman–Crippen MR) is 122 cm³/mol. The van der Waals surface area contributed by atoms with Crippen molar-refractivity contribution < 1.29 is 22.0 Å². The van der Waals surface area contributed by atoms with Crippen LogP contribution in [0.25, 0.3) is 22.4 Å². The molecule has 0 unspecified atom stereocenters. The van der Waals surface area contributed by atoms with Crippen LogP contribution in [-0.4, -0.2) is 36.6 Å². The second-order valence-corrected chi connectivity index (χ2v) is 9.70. The summed E-state index contributed by atoms with van der Waals surface area (Å²) in [6, 6.07) is 14.4. The number of sulfonamides is 1. The molecule has 168 valence electrons. The molecule has 0 radical (unpaired) electrons. The first-order chi connectivity index (χ1) is 15.8. The summed E-state index contributed by atoms with van der Waals surface area (Å²) in [5, 5.41) is 2.77. The van der Waals surface area contributed by atoms with E-state index in [-0.39, 0.29) is 23.0 Å². The van der Waals surface area contributed by atoms with Gasteiger partial charge in [0.2, 0.25) is 10.0 Å². The molecule has 3 aromatic carbocycles. The number of H-pyrrole nitrogens is 1. The van der Waals surface area contributed by atoms with E-state index in [0.29, 0.717) is 40.9 Å². The maximum Gasteiger partial charge on any atom is 0.255 e. The van der Waals surface area contributed by atoms with Crippen molar-refractivity contribution in [1.29, 1.82) is 0 Å². The van der Waals surface area contributed by atoms with Gasteiger partial charge in [-0.15, -0.1) is 0 Å². The molecule has 1 aliphatic heterocycles. The van der Waals surface area contributed by atoms with Gasteiger partial charge in [0.25, 0.3) is 5.91 Å². The number of anilines is 2. The lowest BCUT2D eigenvalue weighted by molar-refractivity contribution is 0.102. The molecule has 0 bridgehead atoms. The number of amides is 1. The summed E-state index contributed by atoms with van der Waals surface area (Å²) >= 11 is 0. The van der Waals surface area contributed by atoms with Gasteiger partial charge in [0, 0.05) is 17.8 Å². The smallest absolute Gasteiger partial charge is 0.255 e. The van der Waals surface area contributed by atoms with Crippen LogP contribution in [0.5, 0.6) is 0 Å². The summed E-state index contributed by atoms with van der Waals surface area (Å²) in [5.74, 6) is -1.25. The molecule has 1 aromatic heterocycles. The average molecular weight is 468 g/mol. The Morgan fingerprint density at radius 2 is 1.82 bits per heavy atom. The number of fused-ring (bicyclic) bond motifs is 1. The lowest BCUT2D eigenvalue weighted by Gasteiger charge is -2.17. The maximum atomic E-state index is 14.1. The number of carbonyl (C=O) groups is 1. The molecular weight excluding hydrogens is 450 g/mol. The van der Waals surface area contributed by atoms with Crippen molar-refractivity contribution in [3.63, 3.8) is 0 Å². The Morgan fingerprint density at radius 3 is 2.55 bits per heavy atom. The van der Waals surface area contributed by atoms with Crippen LogP contribution in [0, 0.1) is 11.6 Å². The van der Waals surface area contributed by atoms with Gasteiger partial charge in [-0.2, -0.15) is 0 Å². The van der Waals surface area contributed by atoms with Gasteiger partial charge in [0.1, 0.15) is 17.5 Å². The topological polar surface area (TPSA) is 95.2 Å². The molecule has 1 aliphatic rings. The van der Waals surface area contributed by atoms with E-state index in [4.69, 9.17) is 0 Å². The molecule has 10 heteroatoms. The average Bonchev–Trinajstić information content (AvgIpc) is 3.37. The number of halogens is 2. The molecule has 0 aliphatic carbocycles. The Balaban J connectivity index is 1.35. The van der Waals surface area contributed by atoms with E-state index >= 15 is 0 Å². The molecule has 0 saturated carbocycles. The highest BCUT2D eigenvalue weighted by Gasteiger charge is 2.28. The third-order valence-corrected chi connectivity index (χ3v) is 7.31. The third kappa shape index (κ3) is 4.05. The van der Waals surface area contributed by atoms with Crippen molar-refractivity contribution in [2.45, 2.75) is 6.42 Å². The summed E-state index contributed by atoms with van der Waals surface area (Å²) in [6.45, 7) is 0.430. The number of rotatable bonds is 4. The Hall–Kier alpha value is -3.79. The van der Waals surface area contributed by atoms with Crippen molar-refractivity contribution in [2.75, 3.05) is 21.9 Å². The fraction of sp³-hybridized carbons (Fsp3) is 0.130. The van der Waals surface area contributed by atoms with Crippen LogP contribution in [0.1, 0.15) is 16.8 Å². The zero-order valence-corrected chi connectivity index (χ0v) is 18.0. The largest absolute Gasteiger partial charge is 0.338 e. The van der Waals surface area contributed by atoms with Crippen LogP contribution in [-0.2, 0) is 10.0 Å². The van der Waals surface area contributed by atoms with Crippen LogP contribution < -0.4 is 9.62 Å². The second kappa shape index (κ2) is 7.96. The zero-order chi connectivity index (χ0) is 23.2. The van der Waals surface area contributed by atoms with Gasteiger partial charge in [0.05, 0.1) is 28.0 Å². The summed E-state index contributed by atoms with van der Waals surface area (Å²) < 4.78 is 53.1. The molecule has 33 heavy (non-hydrogen) atoms. The number of imidazole rings is 1. The lowest BCUT2D eigenvalue weighted by Crippen LogP contribution is -2.25. The second-order valence-electron chi connectivity index (χ2n) is 7.68. The fourth-order valence-electron chi connectivity index (χ4n) is 3.81. The first kappa shape index (κ1) is 21.1. The van der Waals surface area contributed by atoms with Crippen LogP contribution >= 0.6 is 0 Å². The van der Waals surface area contributed by atoms with Crippen molar-refractivity contribution in [2.24, 2.45) is 0 Å². The Kier molecular flexibility index (Phi) is 5.09. The maximum absolute atomic E-state index is 14.1. The van der Waals surface area contributed by atoms with Crippen LogP contribution in [0.2, 0.25) is 0 Å². The van der Waals surface area contributed by atoms with Gasteiger partial charge >= 0.3 is 0 Å². The predicted octanol–water partition coefficient (Wildman–Crippen LogP) is 4.30. The van der Waals surface area contributed by atoms with E-state index in [1.54, 1.807) is 42.5 Å². The lowest BCUT2D eigenvalue weighted by atomic mass is 10.2. The molecule has 7 nitrogen and oxygen atoms in total. The number of aromatic nitrogens is 2. The van der Waals surface area contributed by atoms with Gasteiger partial charge in [-0.1, -0.05) is 0 Å². The Morgan fingerprint density at radius 1 is 1.03 bits per heavy atom. The van der Waals surface area contributed by atoms with Crippen LogP contribution in [0.4, 0.5) is 20.2 Å². The van der Waals surface area contributed by atoms with E-state index in [2.05, 4.69) is 15.3 Å². The van der Waals surface area contributed by atoms with Crippen LogP contribution in [0.3, 0.4) is 0 Å². The van der Waals surface area contributed by atoms with E-state index in [1.807, 2.05) is 0 Å². The third-order valence-electron chi connectivity index (χ3n) is 5.44. The van der Waals surface area contributed by atoms with Crippen molar-refractivity contribution in [3.8, 4) is 11.4 Å². The summed E-state index contributed by atoms with van der Waals surface area (Å²) in [7, 11) is -3.29. The molecule has 2 N–H and O–H groups in total. The van der Waals surface area contributed by atoms with Crippen molar-refractivity contribution >= 4 is 38.3 Å². The number of nitrogens with zero attached hydrogens (tertiary/aromatic N) is 2. The molecular formula is C23H18F2N4O3S. The van der Waals surface area contributed by atoms with Gasteiger partial charge in [0.15, 0.2) is 0 Å². The van der Waals surface area contributed by atoms with E-state index in [0.717, 1.165) is 18.2 Å². The van der Waals surface area contributed by atoms with Gasteiger partial charge in [-0.3, -0.25) is 9.10 Å². The monoisotopic (exact) mass is 468 g/mol. The number of nitrogens with one attached hydrogen (secondary N) is 2. The van der Waals surface area contributed by atoms with Crippen LogP contribution in [0.15, 0.2) is 60.7 Å². The number of carbonyl (C=O) groups excluding carboxylic acids is 1. The Bertz CT molecular complexity index is 1480. The molecule has 5 rings (SSSR count). The van der Waals surface area contributed by atoms with Crippen molar-refractivity contribution in [1.82, 2.24) is 9.97 Å². The molecule has 0 spiro atoms. The SMILES string of the molecule is O=C(Nc1ccc2nc(-c3cc(F)ccc3F)[nH]c2c1)c1ccc(N2CCCS2(=O)=O)cc1. The van der Waals surface area contributed by atoms with Crippen molar-refractivity contribution in [3.05, 3.63) is 77.9 Å². The highest BCUT2D eigenvalue weighted by molar-refractivity contribution is 7.93. The summed E-state index contributed by atoms with van der Waals surface area (Å²) in [6.07, 6.45) is 0.578. The minimum atomic E-state index is -3.29. The quantitative estimate of drug-likeness (QED) is 0.467. The number of aromatic amines is 1. The van der Waals surface area contributed by atoms with Gasteiger partial charge < -0.3 is 10.3 Å². The number of hydrogen-bond acceptors (Lipinski definition) is 4. The first-order valence-electron chi connectivity index (χ1n) is 10.2. The van der Waals surface area contributed by atoms with E-state index < -0.39 is 21.7 Å². The molecule has 1 saturated heterocycles. The highest BCUT2D eigenvalue weighted by Crippen LogP contribution is 2.27. The normalized spacial score (nSPS) is 15.2. The summed E-state index contributed by atoms with van der Waals surface area (Å²) in [5.41, 5.74) is 2.46. The van der Waals surface area contributed by atoms with Gasteiger partial charge in [-0.25, -0.2) is 22.2 Å². The summed E-state index contributed by atoms with van der Waals surface area (Å²) in [4.78, 5) is 19.9. The molecule has 1 fully saturated rings. The van der Waals surface area contributed by atoms with Gasteiger partial charge in [-0.05, 0) is 67.1 Å². The highest BCUT2D eigenvalue weighted by atomic mass is 32.2. The molecule has 4 aromatic rings. The molecule has 0 atom stereocenters. The van der Waals surface area contributed by atoms with E-state index in [9.17, 15) is 22.0 Å². The Labute approximate surface area is 188 Å². The zero-order valence-electron chi connectivity index (χ0n) is 17.2. The minimum absolute atomic E-state index is 0.0110. The first-order valence-corrected chi connectivity index (χ1v) is 11.8. The number of hydrogen-bond donors (Lipinski definition) is 2. The fourth-order valence-corrected chi connectivity index (χ4v) is 5.37. The minimum Gasteiger partial charge on any atom is -0.338 e. The standard InChI is InChI=1S/C23H18F2N4O3S/c24-15-4-8-19(25)18(12-15)22-27-20-9-5-16(13-21(20)28-22)26-23(30)14-2-6-17(7-3-14)29-10-1-11-33(29,31)32/h2-9,12-13H,1,10-11H2,(H,26,30)(H,27,28). The molecule has 2 heterocycles. The molecule has 1 amide bonds. The number of benzene rings is 3. The van der Waals surface area contributed by atoms with E-state index in [1.165, 1.54) is 4.31 Å².